The molecule has 1 N–H and O–H groups in total. The fourth-order valence-electron chi connectivity index (χ4n) is 3.26. The molecule has 1 aliphatic rings. The van der Waals surface area contributed by atoms with Crippen LogP contribution in [-0.2, 0) is 4.79 Å². The smallest absolute Gasteiger partial charge is 0.255 e. The van der Waals surface area contributed by atoms with E-state index in [4.69, 9.17) is 0 Å². The Bertz CT molecular complexity index is 1160. The number of rotatable bonds is 3. The van der Waals surface area contributed by atoms with Crippen molar-refractivity contribution >= 4 is 23.2 Å². The summed E-state index contributed by atoms with van der Waals surface area (Å²) in [4.78, 5) is 30.7. The Morgan fingerprint density at radius 2 is 1.83 bits per heavy atom. The quantitative estimate of drug-likeness (QED) is 0.536. The molecule has 2 aromatic carbocycles. The summed E-state index contributed by atoms with van der Waals surface area (Å²) in [6.45, 7) is 4.55. The molecule has 0 saturated carbocycles. The maximum absolute atomic E-state index is 12.6. The predicted octanol–water partition coefficient (Wildman–Crippen LogP) is 4.11. The Kier molecular flexibility index (Phi) is 5.07. The molecule has 0 radical (unpaired) electrons. The molecule has 1 aromatic heterocycles. The van der Waals surface area contributed by atoms with Crippen LogP contribution >= 0.6 is 0 Å². The summed E-state index contributed by atoms with van der Waals surface area (Å²) in [7, 11) is 0. The normalized spacial score (nSPS) is 14.3. The van der Waals surface area contributed by atoms with Gasteiger partial charge in [0.1, 0.15) is 5.69 Å². The van der Waals surface area contributed by atoms with Crippen LogP contribution in [0.1, 0.15) is 35.5 Å². The summed E-state index contributed by atoms with van der Waals surface area (Å²) in [5, 5.41) is 2.89. The van der Waals surface area contributed by atoms with Crippen LogP contribution in [0.2, 0.25) is 0 Å². The second-order valence-corrected chi connectivity index (χ2v) is 7.82. The molecule has 1 aliphatic heterocycles. The maximum atomic E-state index is 12.6. The Morgan fingerprint density at radius 1 is 1.03 bits per heavy atom. The van der Waals surface area contributed by atoms with Gasteiger partial charge in [0.25, 0.3) is 5.91 Å². The number of carbonyl (C=O) groups is 2. The third-order valence-corrected chi connectivity index (χ3v) is 4.94. The number of pyridine rings is 1. The molecular formula is C25H21N3O2. The molecule has 30 heavy (non-hydrogen) atoms. The van der Waals surface area contributed by atoms with Crippen molar-refractivity contribution in [2.45, 2.75) is 13.8 Å². The second kappa shape index (κ2) is 7.84. The zero-order chi connectivity index (χ0) is 21.1. The van der Waals surface area contributed by atoms with Crippen molar-refractivity contribution < 1.29 is 9.59 Å². The van der Waals surface area contributed by atoms with Crippen molar-refractivity contribution in [1.29, 1.82) is 0 Å². The van der Waals surface area contributed by atoms with Crippen LogP contribution in [0.3, 0.4) is 0 Å². The highest BCUT2D eigenvalue weighted by molar-refractivity contribution is 6.06. The van der Waals surface area contributed by atoms with Gasteiger partial charge in [-0.2, -0.15) is 0 Å². The fraction of sp³-hybridized carbons (Fsp3) is 0.160. The van der Waals surface area contributed by atoms with Crippen LogP contribution < -0.4 is 10.2 Å². The molecule has 5 heteroatoms. The lowest BCUT2D eigenvalue weighted by atomic mass is 9.82. The van der Waals surface area contributed by atoms with Crippen LogP contribution in [-0.4, -0.2) is 23.3 Å². The first-order valence-electron chi connectivity index (χ1n) is 9.69. The number of hydrogen-bond donors (Lipinski definition) is 1. The number of hydrogen-bond acceptors (Lipinski definition) is 3. The van der Waals surface area contributed by atoms with Crippen LogP contribution in [0.15, 0.2) is 72.9 Å². The average molecular weight is 395 g/mol. The molecular weight excluding hydrogens is 374 g/mol. The standard InChI is InChI=1S/C25H21N3O2/c1-25(2)17-28(24(25)30)22-13-10-19(11-14-22)23(29)27-21-8-5-6-18(16-21)9-12-20-7-3-4-15-26-20/h3-8,10-11,13-16H,17H2,1-2H3,(H,27,29). The molecule has 0 unspecified atom stereocenters. The minimum Gasteiger partial charge on any atom is -0.322 e. The van der Waals surface area contributed by atoms with Crippen molar-refractivity contribution in [2.75, 3.05) is 16.8 Å². The lowest BCUT2D eigenvalue weighted by Gasteiger charge is -2.44. The van der Waals surface area contributed by atoms with Gasteiger partial charge in [-0.15, -0.1) is 0 Å². The molecule has 2 heterocycles. The van der Waals surface area contributed by atoms with E-state index >= 15 is 0 Å². The largest absolute Gasteiger partial charge is 0.322 e. The number of anilines is 2. The third kappa shape index (κ3) is 4.08. The van der Waals surface area contributed by atoms with Crippen LogP contribution in [0, 0.1) is 17.3 Å². The van der Waals surface area contributed by atoms with Gasteiger partial charge < -0.3 is 10.2 Å². The monoisotopic (exact) mass is 395 g/mol. The highest BCUT2D eigenvalue weighted by atomic mass is 16.2. The number of nitrogens with zero attached hydrogens (tertiary/aromatic N) is 2. The van der Waals surface area contributed by atoms with Gasteiger partial charge in [0, 0.05) is 35.2 Å². The van der Waals surface area contributed by atoms with Crippen LogP contribution in [0.4, 0.5) is 11.4 Å². The van der Waals surface area contributed by atoms with Crippen molar-refractivity contribution in [1.82, 2.24) is 4.98 Å². The second-order valence-electron chi connectivity index (χ2n) is 7.82. The number of carbonyl (C=O) groups excluding carboxylic acids is 2. The minimum atomic E-state index is -0.305. The zero-order valence-electron chi connectivity index (χ0n) is 16.8. The van der Waals surface area contributed by atoms with Gasteiger partial charge >= 0.3 is 0 Å². The predicted molar refractivity (Wildman–Crippen MR) is 117 cm³/mol. The van der Waals surface area contributed by atoms with E-state index in [0.29, 0.717) is 23.5 Å². The summed E-state index contributed by atoms with van der Waals surface area (Å²) in [5.74, 6) is 5.95. The van der Waals surface area contributed by atoms with E-state index in [-0.39, 0.29) is 17.2 Å². The summed E-state index contributed by atoms with van der Waals surface area (Å²) in [5.41, 5.74) is 3.17. The highest BCUT2D eigenvalue weighted by Crippen LogP contribution is 2.35. The Balaban J connectivity index is 1.43. The van der Waals surface area contributed by atoms with Crippen molar-refractivity contribution in [3.63, 3.8) is 0 Å². The van der Waals surface area contributed by atoms with Crippen molar-refractivity contribution in [3.05, 3.63) is 89.7 Å². The van der Waals surface area contributed by atoms with Gasteiger partial charge in [-0.25, -0.2) is 4.98 Å². The van der Waals surface area contributed by atoms with Gasteiger partial charge in [0.15, 0.2) is 0 Å². The van der Waals surface area contributed by atoms with E-state index in [0.717, 1.165) is 11.3 Å². The summed E-state index contributed by atoms with van der Waals surface area (Å²) >= 11 is 0. The molecule has 1 fully saturated rings. The summed E-state index contributed by atoms with van der Waals surface area (Å²) < 4.78 is 0. The first-order valence-corrected chi connectivity index (χ1v) is 9.69. The van der Waals surface area contributed by atoms with E-state index in [9.17, 15) is 9.59 Å². The van der Waals surface area contributed by atoms with Gasteiger partial charge in [-0.3, -0.25) is 9.59 Å². The number of nitrogens with one attached hydrogen (secondary N) is 1. The number of benzene rings is 2. The SMILES string of the molecule is CC1(C)CN(c2ccc(C(=O)Nc3cccc(C#Cc4ccccn4)c3)cc2)C1=O. The Hall–Kier alpha value is -3.91. The minimum absolute atomic E-state index is 0.100. The van der Waals surface area contributed by atoms with Crippen molar-refractivity contribution in [2.24, 2.45) is 5.41 Å². The Morgan fingerprint density at radius 3 is 2.50 bits per heavy atom. The summed E-state index contributed by atoms with van der Waals surface area (Å²) in [6, 6.07) is 20.0. The molecule has 0 atom stereocenters. The van der Waals surface area contributed by atoms with Gasteiger partial charge in [-0.05, 0) is 74.4 Å². The maximum Gasteiger partial charge on any atom is 0.255 e. The van der Waals surface area contributed by atoms with Gasteiger partial charge in [-0.1, -0.05) is 18.1 Å². The summed E-state index contributed by atoms with van der Waals surface area (Å²) in [6.07, 6.45) is 1.70. The first kappa shape index (κ1) is 19.4. The third-order valence-electron chi connectivity index (χ3n) is 4.94. The topological polar surface area (TPSA) is 62.3 Å². The van der Waals surface area contributed by atoms with E-state index in [2.05, 4.69) is 22.1 Å². The van der Waals surface area contributed by atoms with E-state index in [1.807, 2.05) is 56.3 Å². The van der Waals surface area contributed by atoms with Gasteiger partial charge in [0.05, 0.1) is 5.41 Å². The average Bonchev–Trinajstić information content (AvgIpc) is 2.77. The molecule has 3 aromatic rings. The molecule has 5 nitrogen and oxygen atoms in total. The lowest BCUT2D eigenvalue weighted by molar-refractivity contribution is -0.132. The number of β-lactam (4-membered cyclic amide) rings is 1. The number of amides is 2. The first-order chi connectivity index (χ1) is 14.4. The van der Waals surface area contributed by atoms with Gasteiger partial charge in [0.2, 0.25) is 5.91 Å². The molecule has 0 aliphatic carbocycles. The fourth-order valence-corrected chi connectivity index (χ4v) is 3.26. The number of aromatic nitrogens is 1. The molecule has 0 spiro atoms. The molecule has 0 bridgehead atoms. The molecule has 2 amide bonds. The van der Waals surface area contributed by atoms with Crippen LogP contribution in [0.25, 0.3) is 0 Å². The van der Waals surface area contributed by atoms with E-state index in [1.165, 1.54) is 0 Å². The van der Waals surface area contributed by atoms with Crippen LogP contribution in [0.5, 0.6) is 0 Å². The molecule has 4 rings (SSSR count). The highest BCUT2D eigenvalue weighted by Gasteiger charge is 2.44. The van der Waals surface area contributed by atoms with E-state index < -0.39 is 0 Å². The van der Waals surface area contributed by atoms with E-state index in [1.54, 1.807) is 35.4 Å². The Labute approximate surface area is 175 Å². The lowest BCUT2D eigenvalue weighted by Crippen LogP contribution is -2.58. The van der Waals surface area contributed by atoms with Crippen molar-refractivity contribution in [3.8, 4) is 11.8 Å². The zero-order valence-corrected chi connectivity index (χ0v) is 16.8. The molecule has 1 saturated heterocycles. The molecule has 148 valence electrons.